The first-order valence-corrected chi connectivity index (χ1v) is 7.55. The Morgan fingerprint density at radius 1 is 1.25 bits per heavy atom. The lowest BCUT2D eigenvalue weighted by atomic mass is 10.1. The first kappa shape index (κ1) is 14.8. The van der Waals surface area contributed by atoms with Crippen LogP contribution in [0.25, 0.3) is 0 Å². The number of esters is 1. The van der Waals surface area contributed by atoms with Crippen molar-refractivity contribution in [1.29, 1.82) is 0 Å². The maximum absolute atomic E-state index is 11.3. The summed E-state index contributed by atoms with van der Waals surface area (Å²) in [7, 11) is 1.39. The maximum atomic E-state index is 11.3. The molecule has 0 fully saturated rings. The number of hydrogen-bond donors (Lipinski definition) is 1. The summed E-state index contributed by atoms with van der Waals surface area (Å²) in [6.07, 6.45) is 1.03. The van der Waals surface area contributed by atoms with Crippen molar-refractivity contribution >= 4 is 17.3 Å². The van der Waals surface area contributed by atoms with Crippen molar-refractivity contribution in [2.24, 2.45) is 0 Å². The predicted octanol–water partition coefficient (Wildman–Crippen LogP) is 3.26. The molecular weight excluding hydrogens is 270 g/mol. The number of methoxy groups -OCH3 is 1. The van der Waals surface area contributed by atoms with Crippen LogP contribution in [0.15, 0.2) is 41.1 Å². The summed E-state index contributed by atoms with van der Waals surface area (Å²) in [6.45, 7) is 2.98. The molecule has 1 aromatic carbocycles. The highest BCUT2D eigenvalue weighted by molar-refractivity contribution is 7.07. The van der Waals surface area contributed by atoms with Crippen molar-refractivity contribution in [3.8, 4) is 0 Å². The number of hydrogen-bond acceptors (Lipinski definition) is 4. The van der Waals surface area contributed by atoms with Crippen LogP contribution >= 0.6 is 11.3 Å². The van der Waals surface area contributed by atoms with Crippen LogP contribution in [0, 0.1) is 0 Å². The predicted molar refractivity (Wildman–Crippen MR) is 82.1 cm³/mol. The summed E-state index contributed by atoms with van der Waals surface area (Å²) in [5.41, 5.74) is 3.12. The molecule has 1 unspecified atom stereocenters. The van der Waals surface area contributed by atoms with E-state index in [0.717, 1.165) is 18.5 Å². The quantitative estimate of drug-likeness (QED) is 0.830. The van der Waals surface area contributed by atoms with Gasteiger partial charge in [-0.3, -0.25) is 0 Å². The standard InChI is InChI=1S/C16H19NO2S/c1-12(9-14-7-8-20-11-14)17-10-13-3-5-15(6-4-13)16(18)19-2/h3-8,11-12,17H,9-10H2,1-2H3. The minimum Gasteiger partial charge on any atom is -0.465 e. The Labute approximate surface area is 123 Å². The van der Waals surface area contributed by atoms with Crippen molar-refractivity contribution in [3.63, 3.8) is 0 Å². The van der Waals surface area contributed by atoms with Gasteiger partial charge in [0.05, 0.1) is 12.7 Å². The third-order valence-electron chi connectivity index (χ3n) is 3.15. The molecule has 0 aliphatic carbocycles. The lowest BCUT2D eigenvalue weighted by Gasteiger charge is -2.13. The molecule has 0 amide bonds. The van der Waals surface area contributed by atoms with Crippen molar-refractivity contribution in [3.05, 3.63) is 57.8 Å². The Kier molecular flexibility index (Phi) is 5.32. The second-order valence-corrected chi connectivity index (χ2v) is 5.59. The molecule has 0 saturated heterocycles. The number of carbonyl (C=O) groups excluding carboxylic acids is 1. The molecule has 0 radical (unpaired) electrons. The van der Waals surface area contributed by atoms with Crippen LogP contribution in [0.1, 0.15) is 28.4 Å². The molecule has 0 spiro atoms. The molecule has 0 aliphatic heterocycles. The fraction of sp³-hybridized carbons (Fsp3) is 0.312. The van der Waals surface area contributed by atoms with Gasteiger partial charge in [-0.15, -0.1) is 0 Å². The van der Waals surface area contributed by atoms with Crippen molar-refractivity contribution in [2.45, 2.75) is 25.9 Å². The fourth-order valence-corrected chi connectivity index (χ4v) is 2.68. The molecule has 0 aliphatic rings. The number of nitrogens with one attached hydrogen (secondary N) is 1. The van der Waals surface area contributed by atoms with E-state index in [4.69, 9.17) is 0 Å². The van der Waals surface area contributed by atoms with Gasteiger partial charge in [-0.1, -0.05) is 12.1 Å². The van der Waals surface area contributed by atoms with Gasteiger partial charge in [-0.2, -0.15) is 11.3 Å². The third-order valence-corrected chi connectivity index (χ3v) is 3.88. The highest BCUT2D eigenvalue weighted by atomic mass is 32.1. The van der Waals surface area contributed by atoms with E-state index in [2.05, 4.69) is 33.8 Å². The van der Waals surface area contributed by atoms with Gasteiger partial charge in [0.15, 0.2) is 0 Å². The minimum atomic E-state index is -0.296. The largest absolute Gasteiger partial charge is 0.465 e. The molecule has 1 N–H and O–H groups in total. The zero-order valence-corrected chi connectivity index (χ0v) is 12.6. The summed E-state index contributed by atoms with van der Waals surface area (Å²) in [5.74, 6) is -0.296. The summed E-state index contributed by atoms with van der Waals surface area (Å²) in [6, 6.07) is 10.1. The highest BCUT2D eigenvalue weighted by Crippen LogP contribution is 2.10. The number of rotatable bonds is 6. The molecule has 2 rings (SSSR count). The minimum absolute atomic E-state index is 0.296. The summed E-state index contributed by atoms with van der Waals surface area (Å²) < 4.78 is 4.68. The van der Waals surface area contributed by atoms with E-state index in [1.54, 1.807) is 23.5 Å². The molecule has 3 nitrogen and oxygen atoms in total. The van der Waals surface area contributed by atoms with Gasteiger partial charge in [0.1, 0.15) is 0 Å². The van der Waals surface area contributed by atoms with Gasteiger partial charge >= 0.3 is 5.97 Å². The SMILES string of the molecule is COC(=O)c1ccc(CNC(C)Cc2ccsc2)cc1. The van der Waals surface area contributed by atoms with Crippen molar-refractivity contribution < 1.29 is 9.53 Å². The van der Waals surface area contributed by atoms with Crippen LogP contribution < -0.4 is 5.32 Å². The third kappa shape index (κ3) is 4.18. The Morgan fingerprint density at radius 3 is 2.60 bits per heavy atom. The topological polar surface area (TPSA) is 38.3 Å². The average molecular weight is 289 g/mol. The zero-order chi connectivity index (χ0) is 14.4. The molecule has 4 heteroatoms. The smallest absolute Gasteiger partial charge is 0.337 e. The van der Waals surface area contributed by atoms with Gasteiger partial charge in [-0.25, -0.2) is 4.79 Å². The molecule has 20 heavy (non-hydrogen) atoms. The first-order chi connectivity index (χ1) is 9.69. The molecule has 1 atom stereocenters. The van der Waals surface area contributed by atoms with Gasteiger partial charge in [0.25, 0.3) is 0 Å². The van der Waals surface area contributed by atoms with Crippen LogP contribution in [-0.2, 0) is 17.7 Å². The fourth-order valence-electron chi connectivity index (χ4n) is 2.00. The molecule has 0 bridgehead atoms. The van der Waals surface area contributed by atoms with E-state index in [-0.39, 0.29) is 5.97 Å². The molecule has 106 valence electrons. The van der Waals surface area contributed by atoms with Crippen LogP contribution in [0.2, 0.25) is 0 Å². The number of thiophene rings is 1. The van der Waals surface area contributed by atoms with Crippen LogP contribution in [0.3, 0.4) is 0 Å². The highest BCUT2D eigenvalue weighted by Gasteiger charge is 2.06. The van der Waals surface area contributed by atoms with E-state index >= 15 is 0 Å². The molecular formula is C16H19NO2S. The Hall–Kier alpha value is -1.65. The number of carbonyl (C=O) groups is 1. The molecule has 1 aromatic heterocycles. The van der Waals surface area contributed by atoms with Gasteiger partial charge in [0, 0.05) is 12.6 Å². The van der Waals surface area contributed by atoms with E-state index in [1.807, 2.05) is 12.1 Å². The number of benzene rings is 1. The van der Waals surface area contributed by atoms with Gasteiger partial charge < -0.3 is 10.1 Å². The lowest BCUT2D eigenvalue weighted by Crippen LogP contribution is -2.27. The van der Waals surface area contributed by atoms with Crippen molar-refractivity contribution in [1.82, 2.24) is 5.32 Å². The maximum Gasteiger partial charge on any atom is 0.337 e. The molecule has 2 aromatic rings. The van der Waals surface area contributed by atoms with E-state index in [9.17, 15) is 4.79 Å². The van der Waals surface area contributed by atoms with Crippen molar-refractivity contribution in [2.75, 3.05) is 7.11 Å². The van der Waals surface area contributed by atoms with Gasteiger partial charge in [-0.05, 0) is 53.4 Å². The Morgan fingerprint density at radius 2 is 2.00 bits per heavy atom. The molecule has 0 saturated carbocycles. The monoisotopic (exact) mass is 289 g/mol. The second-order valence-electron chi connectivity index (χ2n) is 4.81. The van der Waals surface area contributed by atoms with Gasteiger partial charge in [0.2, 0.25) is 0 Å². The van der Waals surface area contributed by atoms with E-state index < -0.39 is 0 Å². The van der Waals surface area contributed by atoms with Crippen LogP contribution in [0.4, 0.5) is 0 Å². The normalized spacial score (nSPS) is 12.1. The summed E-state index contributed by atoms with van der Waals surface area (Å²) >= 11 is 1.73. The first-order valence-electron chi connectivity index (χ1n) is 6.60. The number of ether oxygens (including phenoxy) is 1. The Balaban J connectivity index is 1.83. The second kappa shape index (κ2) is 7.22. The zero-order valence-electron chi connectivity index (χ0n) is 11.8. The van der Waals surface area contributed by atoms with Crippen LogP contribution in [-0.4, -0.2) is 19.1 Å². The average Bonchev–Trinajstić information content (AvgIpc) is 2.97. The Bertz CT molecular complexity index is 534. The summed E-state index contributed by atoms with van der Waals surface area (Å²) in [4.78, 5) is 11.3. The van der Waals surface area contributed by atoms with E-state index in [1.165, 1.54) is 12.7 Å². The van der Waals surface area contributed by atoms with E-state index in [0.29, 0.717) is 11.6 Å². The lowest BCUT2D eigenvalue weighted by molar-refractivity contribution is 0.0600. The molecule has 1 heterocycles. The van der Waals surface area contributed by atoms with Crippen LogP contribution in [0.5, 0.6) is 0 Å². The summed E-state index contributed by atoms with van der Waals surface area (Å²) in [5, 5.41) is 7.78.